The molecule has 4 nitrogen and oxygen atoms in total. The van der Waals surface area contributed by atoms with Crippen LogP contribution < -0.4 is 4.90 Å². The second-order valence-corrected chi connectivity index (χ2v) is 8.67. The Hall–Kier alpha value is -1.85. The van der Waals surface area contributed by atoms with Gasteiger partial charge in [-0.25, -0.2) is 8.42 Å². The van der Waals surface area contributed by atoms with Crippen molar-refractivity contribution >= 4 is 15.7 Å². The van der Waals surface area contributed by atoms with Gasteiger partial charge in [0.2, 0.25) is 10.0 Å². The number of rotatable bonds is 4. The molecule has 134 valence electrons. The Labute approximate surface area is 151 Å². The molecule has 1 saturated heterocycles. The Balaban J connectivity index is 1.72. The van der Waals surface area contributed by atoms with Crippen LogP contribution in [0.25, 0.3) is 0 Å². The maximum atomic E-state index is 12.8. The first-order valence-electron chi connectivity index (χ1n) is 8.82. The Morgan fingerprint density at radius 2 is 1.44 bits per heavy atom. The molecule has 3 rings (SSSR count). The average molecular weight is 359 g/mol. The van der Waals surface area contributed by atoms with Crippen molar-refractivity contribution in [2.75, 3.05) is 31.1 Å². The molecule has 0 amide bonds. The topological polar surface area (TPSA) is 40.6 Å². The van der Waals surface area contributed by atoms with Gasteiger partial charge in [0, 0.05) is 31.9 Å². The number of nitrogens with zero attached hydrogens (tertiary/aromatic N) is 2. The van der Waals surface area contributed by atoms with E-state index in [0.29, 0.717) is 18.0 Å². The zero-order valence-electron chi connectivity index (χ0n) is 15.2. The molecule has 0 aliphatic carbocycles. The van der Waals surface area contributed by atoms with Crippen LogP contribution in [0, 0.1) is 13.8 Å². The summed E-state index contributed by atoms with van der Waals surface area (Å²) in [5.74, 6) is 0. The van der Waals surface area contributed by atoms with E-state index in [1.54, 1.807) is 16.4 Å². The first-order chi connectivity index (χ1) is 11.9. The number of aryl methyl sites for hydroxylation is 3. The summed E-state index contributed by atoms with van der Waals surface area (Å²) in [5.41, 5.74) is 4.81. The lowest BCUT2D eigenvalue weighted by atomic mass is 10.1. The smallest absolute Gasteiger partial charge is 0.243 e. The van der Waals surface area contributed by atoms with Gasteiger partial charge < -0.3 is 4.90 Å². The van der Waals surface area contributed by atoms with Crippen molar-refractivity contribution in [2.24, 2.45) is 0 Å². The van der Waals surface area contributed by atoms with Crippen LogP contribution in [-0.2, 0) is 16.4 Å². The van der Waals surface area contributed by atoms with Gasteiger partial charge in [0.05, 0.1) is 4.90 Å². The fourth-order valence-corrected chi connectivity index (χ4v) is 4.79. The van der Waals surface area contributed by atoms with E-state index in [9.17, 15) is 8.42 Å². The highest BCUT2D eigenvalue weighted by atomic mass is 32.2. The van der Waals surface area contributed by atoms with Crippen LogP contribution in [0.5, 0.6) is 0 Å². The molecule has 0 atom stereocenters. The maximum absolute atomic E-state index is 12.8. The quantitative estimate of drug-likeness (QED) is 0.841. The monoisotopic (exact) mass is 358 g/mol. The number of sulfonamides is 1. The van der Waals surface area contributed by atoms with Gasteiger partial charge in [0.25, 0.3) is 0 Å². The minimum Gasteiger partial charge on any atom is -0.369 e. The van der Waals surface area contributed by atoms with Crippen LogP contribution >= 0.6 is 0 Å². The number of hydrogen-bond donors (Lipinski definition) is 0. The summed E-state index contributed by atoms with van der Waals surface area (Å²) >= 11 is 0. The van der Waals surface area contributed by atoms with Gasteiger partial charge in [-0.05, 0) is 61.2 Å². The number of anilines is 1. The van der Waals surface area contributed by atoms with E-state index in [-0.39, 0.29) is 0 Å². The van der Waals surface area contributed by atoms with Crippen molar-refractivity contribution in [1.29, 1.82) is 0 Å². The Kier molecular flexibility index (Phi) is 5.16. The minimum atomic E-state index is -3.40. The molecule has 0 N–H and O–H groups in total. The van der Waals surface area contributed by atoms with Gasteiger partial charge in [-0.15, -0.1) is 0 Å². The third kappa shape index (κ3) is 3.88. The lowest BCUT2D eigenvalue weighted by Crippen LogP contribution is -2.48. The van der Waals surface area contributed by atoms with Crippen molar-refractivity contribution in [2.45, 2.75) is 32.1 Å². The summed E-state index contributed by atoms with van der Waals surface area (Å²) in [4.78, 5) is 2.66. The number of benzene rings is 2. The van der Waals surface area contributed by atoms with Gasteiger partial charge in [0.15, 0.2) is 0 Å². The van der Waals surface area contributed by atoms with Crippen LogP contribution in [0.2, 0.25) is 0 Å². The third-order valence-electron chi connectivity index (χ3n) is 4.78. The van der Waals surface area contributed by atoms with Gasteiger partial charge in [-0.2, -0.15) is 4.31 Å². The number of hydrogen-bond acceptors (Lipinski definition) is 3. The largest absolute Gasteiger partial charge is 0.369 e. The second kappa shape index (κ2) is 7.18. The zero-order chi connectivity index (χ0) is 18.0. The average Bonchev–Trinajstić information content (AvgIpc) is 2.61. The molecule has 1 heterocycles. The van der Waals surface area contributed by atoms with Gasteiger partial charge in [-0.1, -0.05) is 25.1 Å². The second-order valence-electron chi connectivity index (χ2n) is 6.73. The molecule has 0 bridgehead atoms. The van der Waals surface area contributed by atoms with Crippen LogP contribution in [0.1, 0.15) is 23.6 Å². The predicted octanol–water partition coefficient (Wildman–Crippen LogP) is 3.38. The van der Waals surface area contributed by atoms with E-state index in [1.807, 2.05) is 12.1 Å². The normalized spacial score (nSPS) is 16.2. The lowest BCUT2D eigenvalue weighted by molar-refractivity contribution is 0.385. The predicted molar refractivity (Wildman–Crippen MR) is 103 cm³/mol. The maximum Gasteiger partial charge on any atom is 0.243 e. The fourth-order valence-electron chi connectivity index (χ4n) is 3.37. The molecule has 1 aliphatic heterocycles. The zero-order valence-corrected chi connectivity index (χ0v) is 16.0. The minimum absolute atomic E-state index is 0.393. The molecule has 0 spiro atoms. The summed E-state index contributed by atoms with van der Waals surface area (Å²) in [5, 5.41) is 0. The van der Waals surface area contributed by atoms with E-state index in [0.717, 1.165) is 25.1 Å². The highest BCUT2D eigenvalue weighted by Gasteiger charge is 2.28. The van der Waals surface area contributed by atoms with Gasteiger partial charge in [-0.3, -0.25) is 0 Å². The van der Waals surface area contributed by atoms with Crippen LogP contribution in [0.15, 0.2) is 47.4 Å². The molecule has 0 saturated carbocycles. The molecule has 5 heteroatoms. The van der Waals surface area contributed by atoms with Crippen LogP contribution in [-0.4, -0.2) is 38.9 Å². The van der Waals surface area contributed by atoms with E-state index < -0.39 is 10.0 Å². The first-order valence-corrected chi connectivity index (χ1v) is 10.3. The summed E-state index contributed by atoms with van der Waals surface area (Å²) in [6.45, 7) is 8.73. The highest BCUT2D eigenvalue weighted by molar-refractivity contribution is 7.89. The molecule has 0 unspecified atom stereocenters. The molecule has 2 aromatic carbocycles. The summed E-state index contributed by atoms with van der Waals surface area (Å²) in [6.07, 6.45) is 0.912. The van der Waals surface area contributed by atoms with Gasteiger partial charge >= 0.3 is 0 Å². The van der Waals surface area contributed by atoms with E-state index in [2.05, 4.69) is 43.9 Å². The third-order valence-corrected chi connectivity index (χ3v) is 6.69. The highest BCUT2D eigenvalue weighted by Crippen LogP contribution is 2.23. The van der Waals surface area contributed by atoms with Crippen molar-refractivity contribution in [3.63, 3.8) is 0 Å². The van der Waals surface area contributed by atoms with E-state index >= 15 is 0 Å². The Bertz CT molecular complexity index is 816. The van der Waals surface area contributed by atoms with Gasteiger partial charge in [0.1, 0.15) is 0 Å². The standard InChI is InChI=1S/C20H26N2O2S/c1-4-18-5-7-20(8-6-18)25(23,24)22-11-9-21(10-12-22)19-14-16(2)13-17(3)15-19/h5-8,13-15H,4,9-12H2,1-3H3. The molecule has 2 aromatic rings. The van der Waals surface area contributed by atoms with Crippen molar-refractivity contribution < 1.29 is 8.42 Å². The molecule has 1 aliphatic rings. The molecular weight excluding hydrogens is 332 g/mol. The van der Waals surface area contributed by atoms with Crippen LogP contribution in [0.4, 0.5) is 5.69 Å². The lowest BCUT2D eigenvalue weighted by Gasteiger charge is -2.35. The van der Waals surface area contributed by atoms with E-state index in [4.69, 9.17) is 0 Å². The summed E-state index contributed by atoms with van der Waals surface area (Å²) in [6, 6.07) is 13.7. The summed E-state index contributed by atoms with van der Waals surface area (Å²) < 4.78 is 27.3. The fraction of sp³-hybridized carbons (Fsp3) is 0.400. The van der Waals surface area contributed by atoms with Crippen molar-refractivity contribution in [1.82, 2.24) is 4.31 Å². The molecule has 1 fully saturated rings. The van der Waals surface area contributed by atoms with E-state index in [1.165, 1.54) is 16.8 Å². The molecular formula is C20H26N2O2S. The molecule has 0 aromatic heterocycles. The van der Waals surface area contributed by atoms with Crippen molar-refractivity contribution in [3.8, 4) is 0 Å². The first kappa shape index (κ1) is 18.0. The van der Waals surface area contributed by atoms with Crippen LogP contribution in [0.3, 0.4) is 0 Å². The van der Waals surface area contributed by atoms with Crippen molar-refractivity contribution in [3.05, 3.63) is 59.2 Å². The summed E-state index contributed by atoms with van der Waals surface area (Å²) in [7, 11) is -3.40. The number of piperazine rings is 1. The molecule has 25 heavy (non-hydrogen) atoms. The molecule has 0 radical (unpaired) electrons. The SMILES string of the molecule is CCc1ccc(S(=O)(=O)N2CCN(c3cc(C)cc(C)c3)CC2)cc1. The Morgan fingerprint density at radius 1 is 0.880 bits per heavy atom. The Morgan fingerprint density at radius 3 is 1.96 bits per heavy atom.